The van der Waals surface area contributed by atoms with Crippen molar-refractivity contribution in [2.24, 2.45) is 11.1 Å². The zero-order valence-electron chi connectivity index (χ0n) is 21.8. The van der Waals surface area contributed by atoms with Crippen LogP contribution >= 0.6 is 0 Å². The molecule has 2 heterocycles. The number of hydrogen-bond acceptors (Lipinski definition) is 4. The highest BCUT2D eigenvalue weighted by molar-refractivity contribution is 5.81. The molecule has 37 heavy (non-hydrogen) atoms. The molecule has 2 aromatic carbocycles. The molecule has 1 saturated heterocycles. The maximum absolute atomic E-state index is 14.8. The van der Waals surface area contributed by atoms with Crippen LogP contribution in [-0.2, 0) is 16.1 Å². The van der Waals surface area contributed by atoms with Gasteiger partial charge in [-0.1, -0.05) is 51.1 Å². The number of hydrogen-bond donors (Lipinski definition) is 1. The molecule has 0 bridgehead atoms. The van der Waals surface area contributed by atoms with Crippen LogP contribution < -0.4 is 5.73 Å². The second kappa shape index (κ2) is 11.5. The van der Waals surface area contributed by atoms with Gasteiger partial charge in [0.15, 0.2) is 0 Å². The normalized spacial score (nSPS) is 16.6. The van der Waals surface area contributed by atoms with Crippen molar-refractivity contribution >= 4 is 5.91 Å². The number of ether oxygens (including phenoxy) is 1. The Morgan fingerprint density at radius 1 is 1.22 bits per heavy atom. The van der Waals surface area contributed by atoms with E-state index in [9.17, 15) is 13.6 Å². The van der Waals surface area contributed by atoms with Crippen molar-refractivity contribution in [3.05, 3.63) is 77.8 Å². The first kappa shape index (κ1) is 26.9. The molecule has 0 aliphatic carbocycles. The fourth-order valence-electron chi connectivity index (χ4n) is 4.96. The molecule has 1 aromatic heterocycles. The van der Waals surface area contributed by atoms with Gasteiger partial charge in [-0.2, -0.15) is 0 Å². The number of carbonyl (C=O) groups excluding carboxylic acids is 1. The number of nitrogens with zero attached hydrogens (tertiary/aromatic N) is 3. The van der Waals surface area contributed by atoms with Crippen LogP contribution in [0.5, 0.6) is 0 Å². The lowest BCUT2D eigenvalue weighted by Gasteiger charge is -2.41. The van der Waals surface area contributed by atoms with E-state index in [0.29, 0.717) is 50.6 Å². The lowest BCUT2D eigenvalue weighted by molar-refractivity contribution is -0.146. The fraction of sp³-hybridized carbons (Fsp3) is 0.448. The van der Waals surface area contributed by atoms with Crippen molar-refractivity contribution in [1.82, 2.24) is 14.5 Å². The van der Waals surface area contributed by atoms with Crippen LogP contribution in [0.2, 0.25) is 0 Å². The van der Waals surface area contributed by atoms with E-state index in [2.05, 4.69) is 20.8 Å². The molecule has 6 nitrogen and oxygen atoms in total. The monoisotopic (exact) mass is 510 g/mol. The highest BCUT2D eigenvalue weighted by Gasteiger charge is 2.41. The minimum absolute atomic E-state index is 0.0830. The topological polar surface area (TPSA) is 73.4 Å². The molecule has 0 saturated carbocycles. The second-order valence-electron chi connectivity index (χ2n) is 10.7. The third-order valence-corrected chi connectivity index (χ3v) is 6.68. The summed E-state index contributed by atoms with van der Waals surface area (Å²) in [6, 6.07) is 12.8. The quantitative estimate of drug-likeness (QED) is 0.423. The van der Waals surface area contributed by atoms with E-state index < -0.39 is 29.2 Å². The standard InChI is InChI=1S/C29H36F2N4O2/c1-29(2,3)26(35(15-8-14-32)28(36)25-11-7-16-37-25)27-33-24(22-17-21(30)12-13-23(22)31)19-34(27)18-20-9-5-4-6-10-20/h4-6,9-10,12-13,17,19,25-26H,7-8,11,14-16,18,32H2,1-3H3/t25-,26-/m0/s1. The van der Waals surface area contributed by atoms with E-state index in [1.165, 1.54) is 0 Å². The van der Waals surface area contributed by atoms with Crippen molar-refractivity contribution in [3.63, 3.8) is 0 Å². The Hall–Kier alpha value is -3.10. The minimum Gasteiger partial charge on any atom is -0.368 e. The summed E-state index contributed by atoms with van der Waals surface area (Å²) in [5.41, 5.74) is 6.85. The van der Waals surface area contributed by atoms with Gasteiger partial charge in [0.1, 0.15) is 23.6 Å². The van der Waals surface area contributed by atoms with E-state index in [4.69, 9.17) is 15.5 Å². The van der Waals surface area contributed by atoms with Crippen molar-refractivity contribution in [2.75, 3.05) is 19.7 Å². The number of rotatable bonds is 9. The molecule has 0 radical (unpaired) electrons. The van der Waals surface area contributed by atoms with E-state index in [1.54, 1.807) is 6.20 Å². The van der Waals surface area contributed by atoms with Crippen molar-refractivity contribution in [3.8, 4) is 11.3 Å². The minimum atomic E-state index is -0.556. The van der Waals surface area contributed by atoms with Crippen LogP contribution in [0.1, 0.15) is 57.5 Å². The summed E-state index contributed by atoms with van der Waals surface area (Å²) in [6.45, 7) is 8.07. The van der Waals surface area contributed by atoms with Crippen molar-refractivity contribution in [1.29, 1.82) is 0 Å². The molecule has 1 aliphatic rings. The zero-order valence-corrected chi connectivity index (χ0v) is 21.8. The van der Waals surface area contributed by atoms with Crippen LogP contribution in [-0.4, -0.2) is 46.2 Å². The summed E-state index contributed by atoms with van der Waals surface area (Å²) in [6.07, 6.45) is 3.38. The van der Waals surface area contributed by atoms with Crippen LogP contribution in [0.15, 0.2) is 54.7 Å². The molecule has 2 atom stereocenters. The predicted octanol–water partition coefficient (Wildman–Crippen LogP) is 5.32. The Balaban J connectivity index is 1.86. The largest absolute Gasteiger partial charge is 0.368 e. The number of amides is 1. The summed E-state index contributed by atoms with van der Waals surface area (Å²) < 4.78 is 36.6. The predicted molar refractivity (Wildman–Crippen MR) is 140 cm³/mol. The molecule has 0 spiro atoms. The van der Waals surface area contributed by atoms with E-state index >= 15 is 0 Å². The van der Waals surface area contributed by atoms with Gasteiger partial charge in [-0.15, -0.1) is 0 Å². The number of nitrogens with two attached hydrogens (primary N) is 1. The maximum Gasteiger partial charge on any atom is 0.252 e. The molecular formula is C29H36F2N4O2. The Morgan fingerprint density at radius 3 is 2.62 bits per heavy atom. The highest BCUT2D eigenvalue weighted by atomic mass is 19.1. The van der Waals surface area contributed by atoms with Gasteiger partial charge in [0.2, 0.25) is 0 Å². The van der Waals surface area contributed by atoms with Crippen LogP contribution in [0.3, 0.4) is 0 Å². The first-order valence-electron chi connectivity index (χ1n) is 12.9. The Kier molecular flexibility index (Phi) is 8.39. The molecule has 3 aromatic rings. The molecule has 1 aliphatic heterocycles. The van der Waals surface area contributed by atoms with E-state index in [0.717, 1.165) is 30.2 Å². The average Bonchev–Trinajstić information content (AvgIpc) is 3.53. The van der Waals surface area contributed by atoms with Gasteiger partial charge >= 0.3 is 0 Å². The molecule has 198 valence electrons. The molecular weight excluding hydrogens is 474 g/mol. The third kappa shape index (κ3) is 6.25. The molecule has 1 amide bonds. The first-order chi connectivity index (χ1) is 17.7. The number of aromatic nitrogens is 2. The average molecular weight is 511 g/mol. The molecule has 4 rings (SSSR count). The van der Waals surface area contributed by atoms with Gasteiger partial charge in [-0.25, -0.2) is 13.8 Å². The molecule has 0 unspecified atom stereocenters. The van der Waals surface area contributed by atoms with Gasteiger partial charge in [0, 0.05) is 31.5 Å². The first-order valence-corrected chi connectivity index (χ1v) is 12.9. The lowest BCUT2D eigenvalue weighted by atomic mass is 9.84. The number of halogens is 2. The van der Waals surface area contributed by atoms with Crippen LogP contribution in [0, 0.1) is 17.0 Å². The van der Waals surface area contributed by atoms with Crippen LogP contribution in [0.25, 0.3) is 11.3 Å². The summed E-state index contributed by atoms with van der Waals surface area (Å²) in [5, 5.41) is 0. The molecule has 2 N–H and O–H groups in total. The lowest BCUT2D eigenvalue weighted by Crippen LogP contribution is -2.47. The summed E-state index contributed by atoms with van der Waals surface area (Å²) in [5.74, 6) is -0.571. The highest BCUT2D eigenvalue weighted by Crippen LogP contribution is 2.40. The Labute approximate surface area is 217 Å². The Morgan fingerprint density at radius 2 is 1.97 bits per heavy atom. The maximum atomic E-state index is 14.8. The van der Waals surface area contributed by atoms with Gasteiger partial charge < -0.3 is 19.9 Å². The van der Waals surface area contributed by atoms with Gasteiger partial charge in [0.25, 0.3) is 5.91 Å². The summed E-state index contributed by atoms with van der Waals surface area (Å²) in [7, 11) is 0. The van der Waals surface area contributed by atoms with E-state index in [-0.39, 0.29) is 11.5 Å². The van der Waals surface area contributed by atoms with Crippen LogP contribution in [0.4, 0.5) is 8.78 Å². The smallest absolute Gasteiger partial charge is 0.252 e. The number of imidazole rings is 1. The summed E-state index contributed by atoms with van der Waals surface area (Å²) in [4.78, 5) is 20.5. The fourth-order valence-corrected chi connectivity index (χ4v) is 4.96. The van der Waals surface area contributed by atoms with Gasteiger partial charge in [0.05, 0.1) is 11.7 Å². The Bertz CT molecular complexity index is 1200. The van der Waals surface area contributed by atoms with Crippen molar-refractivity contribution in [2.45, 2.75) is 58.7 Å². The number of carbonyl (C=O) groups is 1. The molecule has 8 heteroatoms. The van der Waals surface area contributed by atoms with Gasteiger partial charge in [-0.05, 0) is 55.0 Å². The van der Waals surface area contributed by atoms with Gasteiger partial charge in [-0.3, -0.25) is 4.79 Å². The summed E-state index contributed by atoms with van der Waals surface area (Å²) >= 11 is 0. The zero-order chi connectivity index (χ0) is 26.6. The van der Waals surface area contributed by atoms with E-state index in [1.807, 2.05) is 39.8 Å². The third-order valence-electron chi connectivity index (χ3n) is 6.68. The van der Waals surface area contributed by atoms with Crippen molar-refractivity contribution < 1.29 is 18.3 Å². The SMILES string of the molecule is CC(C)(C)[C@H](c1nc(-c2cc(F)ccc2F)cn1Cc1ccccc1)N(CCCN)C(=O)[C@@H]1CCCO1. The molecule has 1 fully saturated rings. The number of benzene rings is 2. The second-order valence-corrected chi connectivity index (χ2v) is 10.7.